The molecule has 1 aliphatic rings. The van der Waals surface area contributed by atoms with Crippen LogP contribution in [0.2, 0.25) is 5.02 Å². The van der Waals surface area contributed by atoms with E-state index < -0.39 is 5.97 Å². The van der Waals surface area contributed by atoms with Crippen molar-refractivity contribution in [3.8, 4) is 5.75 Å². The molecular weight excluding hydrogens is 386 g/mol. The summed E-state index contributed by atoms with van der Waals surface area (Å²) in [6.45, 7) is 1.88. The second kappa shape index (κ2) is 8.33. The van der Waals surface area contributed by atoms with E-state index in [0.717, 1.165) is 17.3 Å². The van der Waals surface area contributed by atoms with E-state index in [0.29, 0.717) is 20.7 Å². The molecule has 0 saturated carbocycles. The van der Waals surface area contributed by atoms with Gasteiger partial charge in [0.05, 0.1) is 17.2 Å². The number of phenolic OH excluding ortho intramolecular Hbond substituents is 1. The maximum atomic E-state index is 12.3. The summed E-state index contributed by atoms with van der Waals surface area (Å²) >= 11 is 7.16. The van der Waals surface area contributed by atoms with Crippen molar-refractivity contribution in [3.63, 3.8) is 0 Å². The number of thioether (sulfide) groups is 1. The second-order valence-corrected chi connectivity index (χ2v) is 7.01. The molecule has 0 unspecified atom stereocenters. The topological polar surface area (TPSA) is 79.1 Å². The van der Waals surface area contributed by atoms with E-state index in [1.807, 2.05) is 0 Å². The average molecular weight is 402 g/mol. The van der Waals surface area contributed by atoms with Gasteiger partial charge in [0.1, 0.15) is 22.1 Å². The summed E-state index contributed by atoms with van der Waals surface area (Å²) in [7, 11) is 0. The number of carbonyl (C=O) groups is 1. The van der Waals surface area contributed by atoms with Crippen molar-refractivity contribution in [1.82, 2.24) is 0 Å². The fourth-order valence-corrected chi connectivity index (χ4v) is 3.60. The lowest BCUT2D eigenvalue weighted by Gasteiger charge is -2.04. The fourth-order valence-electron chi connectivity index (χ4n) is 2.38. The molecule has 0 fully saturated rings. The zero-order chi connectivity index (χ0) is 19.4. The van der Waals surface area contributed by atoms with Gasteiger partial charge in [0.2, 0.25) is 0 Å². The Hall–Kier alpha value is -2.70. The largest absolute Gasteiger partial charge is 0.508 e. The van der Waals surface area contributed by atoms with E-state index >= 15 is 0 Å². The van der Waals surface area contributed by atoms with Gasteiger partial charge in [-0.15, -0.1) is 0 Å². The van der Waals surface area contributed by atoms with Crippen LogP contribution in [0.3, 0.4) is 0 Å². The van der Waals surface area contributed by atoms with Crippen molar-refractivity contribution in [2.24, 2.45) is 4.99 Å². The Morgan fingerprint density at radius 1 is 1.22 bits per heavy atom. The molecular formula is C20H16ClNO4S. The van der Waals surface area contributed by atoms with E-state index in [4.69, 9.17) is 16.3 Å². The van der Waals surface area contributed by atoms with E-state index in [1.165, 1.54) is 0 Å². The van der Waals surface area contributed by atoms with Crippen molar-refractivity contribution in [3.05, 3.63) is 75.4 Å². The van der Waals surface area contributed by atoms with Crippen LogP contribution in [0.4, 0.5) is 5.69 Å². The first-order chi connectivity index (χ1) is 13.0. The zero-order valence-corrected chi connectivity index (χ0v) is 15.9. The minimum Gasteiger partial charge on any atom is -0.508 e. The number of hydrogen-bond acceptors (Lipinski definition) is 6. The van der Waals surface area contributed by atoms with Crippen LogP contribution >= 0.6 is 23.4 Å². The summed E-state index contributed by atoms with van der Waals surface area (Å²) in [5.41, 5.74) is 1.34. The number of ether oxygens (including phenoxy) is 1. The molecule has 0 atom stereocenters. The van der Waals surface area contributed by atoms with Gasteiger partial charge in [-0.3, -0.25) is 0 Å². The normalized spacial score (nSPS) is 17.0. The third kappa shape index (κ3) is 4.53. The first-order valence-electron chi connectivity index (χ1n) is 8.12. The number of aliphatic hydroxyl groups is 1. The summed E-state index contributed by atoms with van der Waals surface area (Å²) in [6.07, 6.45) is 1.71. The number of nitrogens with zero attached hydrogens (tertiary/aromatic N) is 1. The molecule has 138 valence electrons. The minimum atomic E-state index is -0.641. The number of hydrogen-bond donors (Lipinski definition) is 2. The molecule has 0 aliphatic carbocycles. The molecule has 0 aromatic heterocycles. The quantitative estimate of drug-likeness (QED) is 0.685. The van der Waals surface area contributed by atoms with Gasteiger partial charge in [0.15, 0.2) is 0 Å². The number of rotatable bonds is 4. The van der Waals surface area contributed by atoms with Gasteiger partial charge in [0, 0.05) is 5.02 Å². The number of aliphatic hydroxyl groups excluding tert-OH is 1. The van der Waals surface area contributed by atoms with E-state index in [9.17, 15) is 15.0 Å². The van der Waals surface area contributed by atoms with Crippen molar-refractivity contribution < 1.29 is 19.7 Å². The highest BCUT2D eigenvalue weighted by Crippen LogP contribution is 2.40. The molecule has 7 heteroatoms. The highest BCUT2D eigenvalue weighted by atomic mass is 35.5. The van der Waals surface area contributed by atoms with Crippen LogP contribution in [0.5, 0.6) is 5.75 Å². The van der Waals surface area contributed by atoms with Crippen molar-refractivity contribution in [1.29, 1.82) is 0 Å². The number of halogens is 1. The van der Waals surface area contributed by atoms with Crippen LogP contribution in [0, 0.1) is 0 Å². The molecule has 2 N–H and O–H groups in total. The summed E-state index contributed by atoms with van der Waals surface area (Å²) in [5.74, 6) is -0.684. The predicted octanol–water partition coefficient (Wildman–Crippen LogP) is 5.24. The maximum Gasteiger partial charge on any atom is 0.344 e. The van der Waals surface area contributed by atoms with Gasteiger partial charge in [-0.2, -0.15) is 0 Å². The Balaban J connectivity index is 2.03. The molecule has 0 amide bonds. The first-order valence-corrected chi connectivity index (χ1v) is 9.31. The maximum absolute atomic E-state index is 12.3. The van der Waals surface area contributed by atoms with Gasteiger partial charge < -0.3 is 14.9 Å². The van der Waals surface area contributed by atoms with Crippen molar-refractivity contribution >= 4 is 46.1 Å². The third-order valence-corrected chi connectivity index (χ3v) is 4.85. The van der Waals surface area contributed by atoms with Gasteiger partial charge in [-0.25, -0.2) is 9.79 Å². The van der Waals surface area contributed by atoms with E-state index in [1.54, 1.807) is 61.5 Å². The summed E-state index contributed by atoms with van der Waals surface area (Å²) in [5, 5.41) is 20.8. The highest BCUT2D eigenvalue weighted by Gasteiger charge is 2.33. The van der Waals surface area contributed by atoms with Gasteiger partial charge >= 0.3 is 5.97 Å². The highest BCUT2D eigenvalue weighted by molar-refractivity contribution is 8.18. The molecule has 27 heavy (non-hydrogen) atoms. The molecule has 2 aromatic rings. The van der Waals surface area contributed by atoms with Gasteiger partial charge in [-0.1, -0.05) is 41.6 Å². The smallest absolute Gasteiger partial charge is 0.344 e. The number of phenols is 1. The number of aromatic hydroxyl groups is 1. The van der Waals surface area contributed by atoms with Crippen LogP contribution in [0.25, 0.3) is 6.08 Å². The van der Waals surface area contributed by atoms with Crippen molar-refractivity contribution in [2.75, 3.05) is 6.61 Å². The Bertz CT molecular complexity index is 964. The van der Waals surface area contributed by atoms with Gasteiger partial charge in [0.25, 0.3) is 0 Å². The number of benzene rings is 2. The molecule has 0 radical (unpaired) electrons. The minimum absolute atomic E-state index is 0.0202. The Kier molecular flexibility index (Phi) is 5.88. The molecule has 5 nitrogen and oxygen atoms in total. The predicted molar refractivity (Wildman–Crippen MR) is 109 cm³/mol. The molecule has 0 bridgehead atoms. The summed E-state index contributed by atoms with van der Waals surface area (Å²) in [6, 6.07) is 13.4. The number of esters is 1. The van der Waals surface area contributed by atoms with Crippen molar-refractivity contribution in [2.45, 2.75) is 6.92 Å². The Morgan fingerprint density at radius 3 is 2.63 bits per heavy atom. The lowest BCUT2D eigenvalue weighted by Crippen LogP contribution is -2.12. The fraction of sp³-hybridized carbons (Fsp3) is 0.100. The van der Waals surface area contributed by atoms with Crippen LogP contribution < -0.4 is 0 Å². The van der Waals surface area contributed by atoms with E-state index in [-0.39, 0.29) is 23.7 Å². The van der Waals surface area contributed by atoms with Crippen LogP contribution in [-0.2, 0) is 9.53 Å². The number of aliphatic imine (C=N–C) groups is 1. The van der Waals surface area contributed by atoms with E-state index in [2.05, 4.69) is 4.99 Å². The average Bonchev–Trinajstić information content (AvgIpc) is 2.92. The zero-order valence-electron chi connectivity index (χ0n) is 14.3. The second-order valence-electron chi connectivity index (χ2n) is 5.54. The van der Waals surface area contributed by atoms with Gasteiger partial charge in [-0.05, 0) is 48.9 Å². The standard InChI is InChI=1S/C20H16ClNO4S/c1-2-26-20(25)17-18(24)16(10-12-6-8-15(23)9-7-12)27-19(17)22-14-5-3-4-13(21)11-14/h3-11,23-24H,2H2,1H3. The molecule has 0 spiro atoms. The molecule has 1 heterocycles. The first kappa shape index (κ1) is 19.1. The van der Waals surface area contributed by atoms with Crippen LogP contribution in [0.15, 0.2) is 69.8 Å². The molecule has 3 rings (SSSR count). The number of carbonyl (C=O) groups excluding carboxylic acids is 1. The summed E-state index contributed by atoms with van der Waals surface area (Å²) in [4.78, 5) is 17.3. The van der Waals surface area contributed by atoms with Crippen LogP contribution in [0.1, 0.15) is 12.5 Å². The third-order valence-electron chi connectivity index (χ3n) is 3.60. The molecule has 2 aromatic carbocycles. The lowest BCUT2D eigenvalue weighted by atomic mass is 10.1. The monoisotopic (exact) mass is 401 g/mol. The molecule has 1 aliphatic heterocycles. The molecule has 0 saturated heterocycles. The summed E-state index contributed by atoms with van der Waals surface area (Å²) < 4.78 is 5.06. The Morgan fingerprint density at radius 2 is 1.96 bits per heavy atom. The SMILES string of the molecule is CCOC(=O)C1=C(O)C(=Cc2ccc(O)cc2)SC1=Nc1cccc(Cl)c1. The Labute approximate surface area is 165 Å². The van der Waals surface area contributed by atoms with Crippen LogP contribution in [-0.4, -0.2) is 27.8 Å². The lowest BCUT2D eigenvalue weighted by molar-refractivity contribution is -0.138.